The number of esters is 2. The summed E-state index contributed by atoms with van der Waals surface area (Å²) in [7, 11) is 0. The highest BCUT2D eigenvalue weighted by Gasteiger charge is 2.17. The first-order chi connectivity index (χ1) is 33.6. The van der Waals surface area contributed by atoms with Gasteiger partial charge in [-0.1, -0.05) is 268 Å². The van der Waals surface area contributed by atoms with Crippen molar-refractivity contribution in [2.24, 2.45) is 0 Å². The van der Waals surface area contributed by atoms with Crippen LogP contribution in [0, 0.1) is 0 Å². The van der Waals surface area contributed by atoms with Gasteiger partial charge < -0.3 is 14.2 Å². The summed E-state index contributed by atoms with van der Waals surface area (Å²) in [5.74, 6) is -0.403. The molecule has 0 aromatic carbocycles. The summed E-state index contributed by atoms with van der Waals surface area (Å²) >= 11 is 0. The van der Waals surface area contributed by atoms with Gasteiger partial charge in [-0.3, -0.25) is 9.59 Å². The van der Waals surface area contributed by atoms with Crippen LogP contribution in [0.15, 0.2) is 60.8 Å². The molecule has 1 atom stereocenters. The summed E-state index contributed by atoms with van der Waals surface area (Å²) in [4.78, 5) is 25.6. The largest absolute Gasteiger partial charge is 0.462 e. The Balaban J connectivity index is 4.27. The molecule has 0 radical (unpaired) electrons. The molecular weight excluding hydrogens is 837 g/mol. The zero-order valence-electron chi connectivity index (χ0n) is 45.6. The zero-order valence-corrected chi connectivity index (χ0v) is 45.6. The van der Waals surface area contributed by atoms with Crippen molar-refractivity contribution in [2.75, 3.05) is 19.8 Å². The van der Waals surface area contributed by atoms with Crippen molar-refractivity contribution in [3.8, 4) is 0 Å². The van der Waals surface area contributed by atoms with Crippen molar-refractivity contribution in [1.82, 2.24) is 0 Å². The Kier molecular flexibility index (Phi) is 56.8. The lowest BCUT2D eigenvalue weighted by molar-refractivity contribution is -0.163. The third kappa shape index (κ3) is 56.2. The van der Waals surface area contributed by atoms with Gasteiger partial charge in [0.25, 0.3) is 0 Å². The van der Waals surface area contributed by atoms with Gasteiger partial charge in [0.15, 0.2) is 6.10 Å². The van der Waals surface area contributed by atoms with Gasteiger partial charge in [0, 0.05) is 19.4 Å². The first kappa shape index (κ1) is 65.6. The molecule has 1 unspecified atom stereocenters. The zero-order chi connectivity index (χ0) is 49.2. The lowest BCUT2D eigenvalue weighted by Crippen LogP contribution is -2.30. The average Bonchev–Trinajstić information content (AvgIpc) is 3.34. The van der Waals surface area contributed by atoms with Gasteiger partial charge in [0.2, 0.25) is 0 Å². The third-order valence-corrected chi connectivity index (χ3v) is 13.0. The number of allylic oxidation sites excluding steroid dienone is 10. The summed E-state index contributed by atoms with van der Waals surface area (Å²) in [6.07, 6.45) is 75.3. The SMILES string of the molecule is CC/C=C\C/C=C\C/C=C\CCCCCCCCCC(=O)OCC(COCCCCCCCCCCCCCCCCCCCC)OC(=O)CCCCCCCCC/C=C\C/C=C\CCCCC. The van der Waals surface area contributed by atoms with Gasteiger partial charge in [0.05, 0.1) is 6.61 Å². The number of ether oxygens (including phenoxy) is 3. The van der Waals surface area contributed by atoms with Crippen LogP contribution >= 0.6 is 0 Å². The maximum atomic E-state index is 12.9. The first-order valence-electron chi connectivity index (χ1n) is 29.8. The molecule has 0 aliphatic carbocycles. The third-order valence-electron chi connectivity index (χ3n) is 13.0. The van der Waals surface area contributed by atoms with E-state index in [0.29, 0.717) is 19.4 Å². The van der Waals surface area contributed by atoms with Gasteiger partial charge in [-0.25, -0.2) is 0 Å². The molecule has 0 aromatic heterocycles. The highest BCUT2D eigenvalue weighted by molar-refractivity contribution is 5.70. The molecule has 68 heavy (non-hydrogen) atoms. The smallest absolute Gasteiger partial charge is 0.306 e. The number of unbranched alkanes of at least 4 members (excludes halogenated alkanes) is 34. The highest BCUT2D eigenvalue weighted by atomic mass is 16.6. The number of hydrogen-bond acceptors (Lipinski definition) is 5. The Morgan fingerprint density at radius 1 is 0.338 bits per heavy atom. The summed E-state index contributed by atoms with van der Waals surface area (Å²) < 4.78 is 17.5. The maximum absolute atomic E-state index is 12.9. The fraction of sp³-hybridized carbons (Fsp3) is 0.810. The minimum atomic E-state index is -0.544. The normalized spacial score (nSPS) is 12.6. The molecule has 0 spiro atoms. The van der Waals surface area contributed by atoms with Crippen molar-refractivity contribution >= 4 is 11.9 Å². The maximum Gasteiger partial charge on any atom is 0.306 e. The van der Waals surface area contributed by atoms with E-state index in [1.807, 2.05) is 0 Å². The molecule has 0 aliphatic rings. The predicted molar refractivity (Wildman–Crippen MR) is 298 cm³/mol. The molecule has 0 fully saturated rings. The molecule has 0 aliphatic heterocycles. The standard InChI is InChI=1S/C63H114O5/c1-4-7-10-13-16-19-22-25-28-31-34-37-40-43-46-49-52-55-58-66-59-61(68-63(65)57-54-51-48-45-42-39-36-33-30-27-24-21-18-15-12-9-6-3)60-67-62(64)56-53-50-47-44-41-38-35-32-29-26-23-20-17-14-11-8-5-2/h8,11,17-18,20-21,26-27,29-30,61H,4-7,9-10,12-16,19,22-25,28,31-60H2,1-3H3/b11-8-,20-17-,21-18-,29-26-,30-27-. The van der Waals surface area contributed by atoms with E-state index in [4.69, 9.17) is 14.2 Å². The van der Waals surface area contributed by atoms with Gasteiger partial charge >= 0.3 is 11.9 Å². The Labute approximate surface area is 424 Å². The van der Waals surface area contributed by atoms with E-state index in [2.05, 4.69) is 81.5 Å². The molecule has 0 bridgehead atoms. The summed E-state index contributed by atoms with van der Waals surface area (Å²) in [5, 5.41) is 0. The van der Waals surface area contributed by atoms with Gasteiger partial charge in [-0.15, -0.1) is 0 Å². The molecule has 0 amide bonds. The number of carbonyl (C=O) groups excluding carboxylic acids is 2. The molecule has 0 saturated carbocycles. The fourth-order valence-electron chi connectivity index (χ4n) is 8.62. The molecule has 0 heterocycles. The molecule has 0 rings (SSSR count). The van der Waals surface area contributed by atoms with E-state index in [1.54, 1.807) is 0 Å². The van der Waals surface area contributed by atoms with Crippen LogP contribution in [0.25, 0.3) is 0 Å². The lowest BCUT2D eigenvalue weighted by atomic mass is 10.0. The van der Waals surface area contributed by atoms with E-state index in [9.17, 15) is 9.59 Å². The molecule has 5 heteroatoms. The lowest BCUT2D eigenvalue weighted by Gasteiger charge is -2.18. The molecule has 5 nitrogen and oxygen atoms in total. The van der Waals surface area contributed by atoms with Crippen molar-refractivity contribution in [2.45, 2.75) is 309 Å². The number of hydrogen-bond donors (Lipinski definition) is 0. The highest BCUT2D eigenvalue weighted by Crippen LogP contribution is 2.16. The van der Waals surface area contributed by atoms with Crippen LogP contribution < -0.4 is 0 Å². The van der Waals surface area contributed by atoms with Crippen LogP contribution in [0.5, 0.6) is 0 Å². The van der Waals surface area contributed by atoms with Crippen LogP contribution in [-0.2, 0) is 23.8 Å². The average molecular weight is 952 g/mol. The number of rotatable bonds is 55. The Bertz CT molecular complexity index is 1170. The van der Waals surface area contributed by atoms with Crippen LogP contribution in [0.3, 0.4) is 0 Å². The minimum absolute atomic E-state index is 0.0790. The van der Waals surface area contributed by atoms with E-state index < -0.39 is 6.10 Å². The van der Waals surface area contributed by atoms with Crippen LogP contribution in [0.2, 0.25) is 0 Å². The fourth-order valence-corrected chi connectivity index (χ4v) is 8.62. The van der Waals surface area contributed by atoms with Gasteiger partial charge in [-0.2, -0.15) is 0 Å². The van der Waals surface area contributed by atoms with Crippen molar-refractivity contribution in [3.63, 3.8) is 0 Å². The van der Waals surface area contributed by atoms with Crippen molar-refractivity contribution < 1.29 is 23.8 Å². The molecular formula is C63H114O5. The van der Waals surface area contributed by atoms with Gasteiger partial charge in [0.1, 0.15) is 6.61 Å². The number of carbonyl (C=O) groups is 2. The molecule has 396 valence electrons. The Morgan fingerprint density at radius 3 is 1.09 bits per heavy atom. The van der Waals surface area contributed by atoms with Crippen LogP contribution in [0.1, 0.15) is 303 Å². The summed E-state index contributed by atoms with van der Waals surface area (Å²) in [5.41, 5.74) is 0. The second kappa shape index (κ2) is 58.9. The monoisotopic (exact) mass is 951 g/mol. The molecule has 0 saturated heterocycles. The van der Waals surface area contributed by atoms with Crippen LogP contribution in [0.4, 0.5) is 0 Å². The summed E-state index contributed by atoms with van der Waals surface area (Å²) in [6.45, 7) is 7.73. The molecule has 0 aromatic rings. The summed E-state index contributed by atoms with van der Waals surface area (Å²) in [6, 6.07) is 0. The quantitative estimate of drug-likeness (QED) is 0.0345. The second-order valence-electron chi connectivity index (χ2n) is 19.9. The van der Waals surface area contributed by atoms with Gasteiger partial charge in [-0.05, 0) is 83.5 Å². The Hall–Kier alpha value is -2.40. The van der Waals surface area contributed by atoms with E-state index in [0.717, 1.165) is 77.0 Å². The first-order valence-corrected chi connectivity index (χ1v) is 29.8. The Morgan fingerprint density at radius 2 is 0.662 bits per heavy atom. The van der Waals surface area contributed by atoms with Crippen molar-refractivity contribution in [1.29, 1.82) is 0 Å². The van der Waals surface area contributed by atoms with Crippen LogP contribution in [-0.4, -0.2) is 37.9 Å². The van der Waals surface area contributed by atoms with E-state index >= 15 is 0 Å². The van der Waals surface area contributed by atoms with E-state index in [-0.39, 0.29) is 25.2 Å². The second-order valence-corrected chi connectivity index (χ2v) is 19.9. The minimum Gasteiger partial charge on any atom is -0.462 e. The van der Waals surface area contributed by atoms with E-state index in [1.165, 1.54) is 193 Å². The van der Waals surface area contributed by atoms with Crippen molar-refractivity contribution in [3.05, 3.63) is 60.8 Å². The predicted octanol–water partition coefficient (Wildman–Crippen LogP) is 20.5. The topological polar surface area (TPSA) is 61.8 Å². The molecule has 0 N–H and O–H groups in total.